The highest BCUT2D eigenvalue weighted by Gasteiger charge is 2.44. The minimum atomic E-state index is -2.58. The minimum absolute atomic E-state index is 0.603. The fourth-order valence-electron chi connectivity index (χ4n) is 1.47. The van der Waals surface area contributed by atoms with Crippen molar-refractivity contribution in [2.75, 3.05) is 13.2 Å². The van der Waals surface area contributed by atoms with Crippen LogP contribution in [0.25, 0.3) is 0 Å². The van der Waals surface area contributed by atoms with Crippen molar-refractivity contribution in [1.29, 1.82) is 0 Å². The van der Waals surface area contributed by atoms with E-state index in [0.29, 0.717) is 13.2 Å². The molecule has 1 atom stereocenters. The van der Waals surface area contributed by atoms with E-state index in [9.17, 15) is 0 Å². The molecule has 0 aromatic carbocycles. The van der Waals surface area contributed by atoms with E-state index in [0.717, 1.165) is 18.9 Å². The van der Waals surface area contributed by atoms with Gasteiger partial charge in [0.25, 0.3) is 0 Å². The number of rotatable bonds is 9. The molecule has 98 valence electrons. The van der Waals surface area contributed by atoms with Gasteiger partial charge in [0, 0.05) is 19.3 Å². The molecule has 0 bridgehead atoms. The molecule has 16 heavy (non-hydrogen) atoms. The second kappa shape index (κ2) is 7.40. The Morgan fingerprint density at radius 3 is 1.88 bits per heavy atom. The summed E-state index contributed by atoms with van der Waals surface area (Å²) in [5, 5.41) is 0. The predicted octanol–water partition coefficient (Wildman–Crippen LogP) is 2.51. The van der Waals surface area contributed by atoms with Crippen molar-refractivity contribution in [3.05, 3.63) is 0 Å². The van der Waals surface area contributed by atoms with Gasteiger partial charge in [0.1, 0.15) is 5.72 Å². The smallest absolute Gasteiger partial charge is 0.374 e. The second-order valence-electron chi connectivity index (χ2n) is 4.07. The Morgan fingerprint density at radius 1 is 1.06 bits per heavy atom. The van der Waals surface area contributed by atoms with Gasteiger partial charge < -0.3 is 19.0 Å². The molecule has 0 aliphatic rings. The van der Waals surface area contributed by atoms with Gasteiger partial charge in [0.05, 0.1) is 0 Å². The molecule has 0 aliphatic carbocycles. The zero-order valence-electron chi connectivity index (χ0n) is 11.3. The van der Waals surface area contributed by atoms with Crippen molar-refractivity contribution in [3.8, 4) is 0 Å². The van der Waals surface area contributed by atoms with Gasteiger partial charge in [0.2, 0.25) is 0 Å². The topological polar surface area (TPSA) is 53.7 Å². The van der Waals surface area contributed by atoms with Crippen LogP contribution < -0.4 is 5.73 Å². The van der Waals surface area contributed by atoms with Gasteiger partial charge in [-0.25, -0.2) is 0 Å². The lowest BCUT2D eigenvalue weighted by molar-refractivity contribution is -0.0189. The summed E-state index contributed by atoms with van der Waals surface area (Å²) in [4.78, 5) is 0. The van der Waals surface area contributed by atoms with Crippen LogP contribution in [0.5, 0.6) is 0 Å². The van der Waals surface area contributed by atoms with E-state index >= 15 is 0 Å². The molecular weight excluding hydrogens is 222 g/mol. The molecule has 2 N–H and O–H groups in total. The predicted molar refractivity (Wildman–Crippen MR) is 68.1 cm³/mol. The van der Waals surface area contributed by atoms with Crippen LogP contribution in [-0.2, 0) is 13.3 Å². The van der Waals surface area contributed by atoms with Crippen LogP contribution in [0.15, 0.2) is 0 Å². The molecule has 0 heterocycles. The summed E-state index contributed by atoms with van der Waals surface area (Å²) in [7, 11) is -2.58. The lowest BCUT2D eigenvalue weighted by Crippen LogP contribution is -2.55. The molecule has 0 saturated carbocycles. The van der Waals surface area contributed by atoms with Crippen molar-refractivity contribution < 1.29 is 13.3 Å². The molecule has 0 rings (SSSR count). The summed E-state index contributed by atoms with van der Waals surface area (Å²) in [6, 6.07) is 0.821. The molecule has 0 fully saturated rings. The van der Waals surface area contributed by atoms with Gasteiger partial charge in [-0.1, -0.05) is 20.3 Å². The Morgan fingerprint density at radius 2 is 1.56 bits per heavy atom. The highest BCUT2D eigenvalue weighted by Crippen LogP contribution is 2.23. The Bertz CT molecular complexity index is 171. The summed E-state index contributed by atoms with van der Waals surface area (Å²) in [5.41, 5.74) is 5.38. The Kier molecular flexibility index (Phi) is 7.42. The van der Waals surface area contributed by atoms with Crippen LogP contribution in [0, 0.1) is 0 Å². The molecule has 0 saturated heterocycles. The van der Waals surface area contributed by atoms with E-state index in [1.807, 2.05) is 27.7 Å². The maximum atomic E-state index is 6.05. The first kappa shape index (κ1) is 16.1. The van der Waals surface area contributed by atoms with E-state index in [2.05, 4.69) is 6.92 Å². The molecule has 5 heteroatoms. The lowest BCUT2D eigenvalue weighted by atomic mass is 10.2. The molecular formula is C11H27NO3Si. The first-order valence-corrected chi connectivity index (χ1v) is 8.15. The second-order valence-corrected chi connectivity index (χ2v) is 6.71. The summed E-state index contributed by atoms with van der Waals surface area (Å²) in [6.45, 7) is 11.1. The van der Waals surface area contributed by atoms with Crippen molar-refractivity contribution in [2.24, 2.45) is 5.73 Å². The van der Waals surface area contributed by atoms with E-state index in [-0.39, 0.29) is 0 Å². The molecule has 0 spiro atoms. The maximum Gasteiger partial charge on any atom is 0.502 e. The average Bonchev–Trinajstić information content (AvgIpc) is 2.18. The molecule has 0 aliphatic heterocycles. The number of hydrogen-bond acceptors (Lipinski definition) is 4. The third-order valence-electron chi connectivity index (χ3n) is 2.38. The molecule has 4 nitrogen and oxygen atoms in total. The highest BCUT2D eigenvalue weighted by atomic mass is 28.4. The zero-order valence-corrected chi connectivity index (χ0v) is 12.3. The van der Waals surface area contributed by atoms with E-state index in [4.69, 9.17) is 19.0 Å². The summed E-state index contributed by atoms with van der Waals surface area (Å²) >= 11 is 0. The van der Waals surface area contributed by atoms with Crippen molar-refractivity contribution in [3.63, 3.8) is 0 Å². The SMILES string of the molecule is CCC[Si](OCC)(OCC)OC(C)(N)CC. The van der Waals surface area contributed by atoms with Crippen LogP contribution in [0.4, 0.5) is 0 Å². The average molecular weight is 249 g/mol. The third-order valence-corrected chi connectivity index (χ3v) is 5.72. The molecule has 0 aromatic rings. The van der Waals surface area contributed by atoms with E-state index in [1.165, 1.54) is 0 Å². The zero-order chi connectivity index (χ0) is 12.7. The fourth-order valence-corrected chi connectivity index (χ4v) is 4.41. The van der Waals surface area contributed by atoms with Gasteiger partial charge in [-0.15, -0.1) is 0 Å². The van der Waals surface area contributed by atoms with Crippen molar-refractivity contribution in [2.45, 2.75) is 59.2 Å². The highest BCUT2D eigenvalue weighted by molar-refractivity contribution is 6.60. The normalized spacial score (nSPS) is 16.1. The monoisotopic (exact) mass is 249 g/mol. The molecule has 0 radical (unpaired) electrons. The first-order chi connectivity index (χ1) is 7.45. The summed E-state index contributed by atoms with van der Waals surface area (Å²) in [5.74, 6) is 0. The fraction of sp³-hybridized carbons (Fsp3) is 1.00. The molecule has 0 amide bonds. The molecule has 0 aromatic heterocycles. The third kappa shape index (κ3) is 5.40. The van der Waals surface area contributed by atoms with Gasteiger partial charge >= 0.3 is 8.80 Å². The maximum absolute atomic E-state index is 6.05. The van der Waals surface area contributed by atoms with Gasteiger partial charge in [-0.3, -0.25) is 0 Å². The van der Waals surface area contributed by atoms with Crippen LogP contribution >= 0.6 is 0 Å². The Balaban J connectivity index is 4.71. The summed E-state index contributed by atoms with van der Waals surface area (Å²) in [6.07, 6.45) is 1.72. The first-order valence-electron chi connectivity index (χ1n) is 6.22. The van der Waals surface area contributed by atoms with Crippen molar-refractivity contribution >= 4 is 8.80 Å². The minimum Gasteiger partial charge on any atom is -0.374 e. The van der Waals surface area contributed by atoms with Crippen LogP contribution in [0.1, 0.15) is 47.5 Å². The Hall–Kier alpha value is 0.0569. The van der Waals surface area contributed by atoms with Crippen LogP contribution in [0.2, 0.25) is 6.04 Å². The lowest BCUT2D eigenvalue weighted by Gasteiger charge is -2.36. The van der Waals surface area contributed by atoms with E-state index in [1.54, 1.807) is 0 Å². The van der Waals surface area contributed by atoms with Gasteiger partial charge in [0.15, 0.2) is 0 Å². The van der Waals surface area contributed by atoms with Gasteiger partial charge in [-0.2, -0.15) is 0 Å². The summed E-state index contributed by atoms with van der Waals surface area (Å²) < 4.78 is 17.5. The van der Waals surface area contributed by atoms with Gasteiger partial charge in [-0.05, 0) is 27.2 Å². The Labute approximate surface area is 101 Å². The van der Waals surface area contributed by atoms with E-state index < -0.39 is 14.5 Å². The molecule has 1 unspecified atom stereocenters. The quantitative estimate of drug-likeness (QED) is 0.504. The number of nitrogens with two attached hydrogens (primary N) is 1. The van der Waals surface area contributed by atoms with Crippen LogP contribution in [0.3, 0.4) is 0 Å². The largest absolute Gasteiger partial charge is 0.502 e. The number of hydrogen-bond donors (Lipinski definition) is 1. The van der Waals surface area contributed by atoms with Crippen LogP contribution in [-0.4, -0.2) is 27.7 Å². The van der Waals surface area contributed by atoms with Crippen molar-refractivity contribution in [1.82, 2.24) is 0 Å². The standard InChI is InChI=1S/C11H27NO3Si/c1-6-10-16(13-8-3,14-9-4)15-11(5,12)7-2/h6-10,12H2,1-5H3.